The van der Waals surface area contributed by atoms with Crippen LogP contribution in [0.15, 0.2) is 0 Å². The van der Waals surface area contributed by atoms with E-state index in [0.29, 0.717) is 6.42 Å². The third-order valence-corrected chi connectivity index (χ3v) is 2.34. The van der Waals surface area contributed by atoms with E-state index in [2.05, 4.69) is 0 Å². The van der Waals surface area contributed by atoms with E-state index in [9.17, 15) is 18.3 Å². The van der Waals surface area contributed by atoms with E-state index in [1.165, 1.54) is 4.90 Å². The zero-order chi connectivity index (χ0) is 11.4. The van der Waals surface area contributed by atoms with Gasteiger partial charge < -0.3 is 5.11 Å². The van der Waals surface area contributed by atoms with Gasteiger partial charge in [0.25, 0.3) is 0 Å². The average molecular weight is 213 g/mol. The summed E-state index contributed by atoms with van der Waals surface area (Å²) in [6, 6.07) is -0.452. The minimum atomic E-state index is -4.20. The van der Waals surface area contributed by atoms with Crippen LogP contribution in [0, 0.1) is 0 Å². The molecule has 0 saturated carbocycles. The van der Waals surface area contributed by atoms with Crippen molar-refractivity contribution >= 4 is 0 Å². The van der Waals surface area contributed by atoms with Gasteiger partial charge in [-0.1, -0.05) is 13.8 Å². The molecule has 0 bridgehead atoms. The molecule has 0 aromatic carbocycles. The molecule has 0 aromatic rings. The number of alkyl halides is 3. The van der Waals surface area contributed by atoms with Crippen molar-refractivity contribution in [3.05, 3.63) is 0 Å². The molecule has 0 aromatic heterocycles. The molecule has 0 fully saturated rings. The van der Waals surface area contributed by atoms with Gasteiger partial charge in [0.15, 0.2) is 0 Å². The van der Waals surface area contributed by atoms with Crippen LogP contribution in [0.4, 0.5) is 13.2 Å². The van der Waals surface area contributed by atoms with E-state index < -0.39 is 24.9 Å². The van der Waals surface area contributed by atoms with Gasteiger partial charge in [-0.25, -0.2) is 0 Å². The topological polar surface area (TPSA) is 23.5 Å². The maximum absolute atomic E-state index is 12.1. The summed E-state index contributed by atoms with van der Waals surface area (Å²) in [6.45, 7) is 4.36. The first-order valence-electron chi connectivity index (χ1n) is 4.80. The number of likely N-dealkylation sites (N-methyl/N-ethyl adjacent to an activating group) is 1. The van der Waals surface area contributed by atoms with Crippen LogP contribution in [-0.4, -0.2) is 41.4 Å². The van der Waals surface area contributed by atoms with E-state index >= 15 is 0 Å². The number of hydrogen-bond donors (Lipinski definition) is 1. The van der Waals surface area contributed by atoms with Gasteiger partial charge in [0.05, 0.1) is 12.6 Å². The van der Waals surface area contributed by atoms with Crippen LogP contribution < -0.4 is 0 Å². The normalized spacial score (nSPS) is 17.1. The summed E-state index contributed by atoms with van der Waals surface area (Å²) in [6.07, 6.45) is -4.43. The van der Waals surface area contributed by atoms with Gasteiger partial charge in [0, 0.05) is 6.04 Å². The lowest BCUT2D eigenvalue weighted by Crippen LogP contribution is -2.45. The molecule has 0 saturated heterocycles. The van der Waals surface area contributed by atoms with Gasteiger partial charge in [-0.2, -0.15) is 13.2 Å². The molecule has 2 nitrogen and oxygen atoms in total. The van der Waals surface area contributed by atoms with Gasteiger partial charge >= 0.3 is 6.18 Å². The number of hydrogen-bond acceptors (Lipinski definition) is 2. The quantitative estimate of drug-likeness (QED) is 0.755. The molecule has 14 heavy (non-hydrogen) atoms. The lowest BCUT2D eigenvalue weighted by molar-refractivity contribution is -0.154. The molecule has 2 atom stereocenters. The second-order valence-electron chi connectivity index (χ2n) is 3.39. The molecule has 5 heteroatoms. The van der Waals surface area contributed by atoms with Crippen molar-refractivity contribution in [1.29, 1.82) is 0 Å². The summed E-state index contributed by atoms with van der Waals surface area (Å²) in [5, 5.41) is 9.42. The molecule has 0 aliphatic rings. The smallest absolute Gasteiger partial charge is 0.392 e. The second kappa shape index (κ2) is 5.56. The molecule has 1 N–H and O–H groups in total. The van der Waals surface area contributed by atoms with Crippen molar-refractivity contribution in [1.82, 2.24) is 4.90 Å². The molecule has 0 rings (SSSR count). The summed E-state index contributed by atoms with van der Waals surface area (Å²) in [5.74, 6) is 0. The maximum Gasteiger partial charge on any atom is 0.401 e. The third-order valence-electron chi connectivity index (χ3n) is 2.34. The molecule has 2 unspecified atom stereocenters. The first-order valence-corrected chi connectivity index (χ1v) is 4.80. The van der Waals surface area contributed by atoms with Crippen molar-refractivity contribution in [3.63, 3.8) is 0 Å². The second-order valence-corrected chi connectivity index (χ2v) is 3.39. The van der Waals surface area contributed by atoms with Crippen molar-refractivity contribution in [2.24, 2.45) is 0 Å². The average Bonchev–Trinajstić information content (AvgIpc) is 2.10. The Bertz CT molecular complexity index is 161. The summed E-state index contributed by atoms with van der Waals surface area (Å²) in [7, 11) is 0. The Kier molecular flexibility index (Phi) is 5.44. The molecule has 0 spiro atoms. The lowest BCUT2D eigenvalue weighted by atomic mass is 10.1. The number of aliphatic hydroxyl groups is 1. The third kappa shape index (κ3) is 4.81. The molecular formula is C9H18F3NO. The molecule has 0 aliphatic heterocycles. The SMILES string of the molecule is CCC(O)C(C)N(CC)CC(F)(F)F. The lowest BCUT2D eigenvalue weighted by Gasteiger charge is -2.31. The standard InChI is InChI=1S/C9H18F3NO/c1-4-8(14)7(3)13(5-2)6-9(10,11)12/h7-8,14H,4-6H2,1-3H3. The zero-order valence-corrected chi connectivity index (χ0v) is 8.80. The van der Waals surface area contributed by atoms with E-state index in [-0.39, 0.29) is 6.54 Å². The number of nitrogens with zero attached hydrogens (tertiary/aromatic N) is 1. The van der Waals surface area contributed by atoms with E-state index in [0.717, 1.165) is 0 Å². The summed E-state index contributed by atoms with van der Waals surface area (Å²) in [4.78, 5) is 1.23. The van der Waals surface area contributed by atoms with Gasteiger partial charge in [-0.15, -0.1) is 0 Å². The minimum Gasteiger partial charge on any atom is -0.392 e. The van der Waals surface area contributed by atoms with Crippen molar-refractivity contribution in [2.75, 3.05) is 13.1 Å². The highest BCUT2D eigenvalue weighted by atomic mass is 19.4. The fourth-order valence-electron chi connectivity index (χ4n) is 1.36. The Morgan fingerprint density at radius 2 is 1.79 bits per heavy atom. The van der Waals surface area contributed by atoms with Gasteiger partial charge in [-0.05, 0) is 19.9 Å². The van der Waals surface area contributed by atoms with E-state index in [1.54, 1.807) is 20.8 Å². The molecule has 86 valence electrons. The van der Waals surface area contributed by atoms with Gasteiger partial charge in [0.2, 0.25) is 0 Å². The molecule has 0 radical (unpaired) electrons. The Hall–Kier alpha value is -0.290. The molecular weight excluding hydrogens is 195 g/mol. The highest BCUT2D eigenvalue weighted by molar-refractivity contribution is 4.75. The Morgan fingerprint density at radius 1 is 1.29 bits per heavy atom. The fourth-order valence-corrected chi connectivity index (χ4v) is 1.36. The summed E-state index contributed by atoms with van der Waals surface area (Å²) in [5.41, 5.74) is 0. The van der Waals surface area contributed by atoms with Crippen LogP contribution in [0.2, 0.25) is 0 Å². The van der Waals surface area contributed by atoms with Crippen LogP contribution in [-0.2, 0) is 0 Å². The fraction of sp³-hybridized carbons (Fsp3) is 1.00. The Morgan fingerprint density at radius 3 is 2.07 bits per heavy atom. The van der Waals surface area contributed by atoms with Crippen molar-refractivity contribution < 1.29 is 18.3 Å². The summed E-state index contributed by atoms with van der Waals surface area (Å²) < 4.78 is 36.3. The largest absolute Gasteiger partial charge is 0.401 e. The first-order chi connectivity index (χ1) is 6.31. The highest BCUT2D eigenvalue weighted by Gasteiger charge is 2.33. The predicted molar refractivity (Wildman–Crippen MR) is 49.1 cm³/mol. The van der Waals surface area contributed by atoms with Crippen molar-refractivity contribution in [3.8, 4) is 0 Å². The maximum atomic E-state index is 12.1. The van der Waals surface area contributed by atoms with Crippen LogP contribution >= 0.6 is 0 Å². The molecule has 0 aliphatic carbocycles. The van der Waals surface area contributed by atoms with Gasteiger partial charge in [0.1, 0.15) is 0 Å². The van der Waals surface area contributed by atoms with Crippen LogP contribution in [0.1, 0.15) is 27.2 Å². The Balaban J connectivity index is 4.26. The number of aliphatic hydroxyl groups excluding tert-OH is 1. The molecule has 0 amide bonds. The first kappa shape index (κ1) is 13.7. The van der Waals surface area contributed by atoms with Crippen LogP contribution in [0.5, 0.6) is 0 Å². The van der Waals surface area contributed by atoms with Crippen molar-refractivity contribution in [2.45, 2.75) is 45.5 Å². The van der Waals surface area contributed by atoms with Crippen LogP contribution in [0.3, 0.4) is 0 Å². The number of rotatable bonds is 5. The van der Waals surface area contributed by atoms with Gasteiger partial charge in [-0.3, -0.25) is 4.90 Å². The zero-order valence-electron chi connectivity index (χ0n) is 8.80. The highest BCUT2D eigenvalue weighted by Crippen LogP contribution is 2.19. The predicted octanol–water partition coefficient (Wildman–Crippen LogP) is 2.03. The summed E-state index contributed by atoms with van der Waals surface area (Å²) >= 11 is 0. The monoisotopic (exact) mass is 213 g/mol. The number of halogens is 3. The Labute approximate surface area is 82.7 Å². The van der Waals surface area contributed by atoms with E-state index in [1.807, 2.05) is 0 Å². The molecule has 0 heterocycles. The van der Waals surface area contributed by atoms with E-state index in [4.69, 9.17) is 0 Å². The van der Waals surface area contributed by atoms with Crippen LogP contribution in [0.25, 0.3) is 0 Å². The minimum absolute atomic E-state index is 0.289.